The Labute approximate surface area is 91.1 Å². The van der Waals surface area contributed by atoms with E-state index >= 15 is 0 Å². The first-order valence-corrected chi connectivity index (χ1v) is 5.81. The average molecular weight is 205 g/mol. The normalized spacial score (nSPS) is 27.3. The van der Waals surface area contributed by atoms with Crippen LogP contribution in [0, 0.1) is 0 Å². The van der Waals surface area contributed by atoms with Crippen LogP contribution >= 0.6 is 0 Å². The number of rotatable bonds is 1. The number of phenols is 1. The number of aromatic hydroxyl groups is 1. The van der Waals surface area contributed by atoms with E-state index in [1.165, 1.54) is 6.42 Å². The second kappa shape index (κ2) is 4.67. The fourth-order valence-electron chi connectivity index (χ4n) is 2.47. The summed E-state index contributed by atoms with van der Waals surface area (Å²) in [6, 6.07) is 8.05. The molecule has 0 aromatic heterocycles. The van der Waals surface area contributed by atoms with Gasteiger partial charge in [0.05, 0.1) is 0 Å². The molecule has 1 aliphatic rings. The lowest BCUT2D eigenvalue weighted by atomic mass is 9.91. The van der Waals surface area contributed by atoms with Gasteiger partial charge in [-0.3, -0.25) is 0 Å². The largest absolute Gasteiger partial charge is 0.508 e. The summed E-state index contributed by atoms with van der Waals surface area (Å²) in [5, 5.41) is 9.79. The van der Waals surface area contributed by atoms with Crippen LogP contribution in [-0.2, 0) is 0 Å². The van der Waals surface area contributed by atoms with E-state index in [1.54, 1.807) is 6.07 Å². The minimum atomic E-state index is 0.362. The van der Waals surface area contributed by atoms with E-state index in [2.05, 4.69) is 0 Å². The molecule has 2 nitrogen and oxygen atoms in total. The maximum Gasteiger partial charge on any atom is 0.119 e. The fourth-order valence-corrected chi connectivity index (χ4v) is 2.47. The molecule has 1 aliphatic carbocycles. The summed E-state index contributed by atoms with van der Waals surface area (Å²) >= 11 is 0. The number of benzene rings is 1. The van der Waals surface area contributed by atoms with E-state index in [-0.39, 0.29) is 0 Å². The zero-order valence-electron chi connectivity index (χ0n) is 9.02. The highest BCUT2D eigenvalue weighted by atomic mass is 16.3. The zero-order valence-corrected chi connectivity index (χ0v) is 9.02. The van der Waals surface area contributed by atoms with E-state index in [1.807, 2.05) is 18.2 Å². The van der Waals surface area contributed by atoms with Crippen LogP contribution in [0.15, 0.2) is 24.3 Å². The molecule has 0 bridgehead atoms. The zero-order chi connectivity index (χ0) is 10.7. The third kappa shape index (κ3) is 2.51. The number of phenolic OH excluding ortho intramolecular Hbond substituents is 1. The second-order valence-corrected chi connectivity index (χ2v) is 4.52. The predicted octanol–water partition coefficient (Wildman–Crippen LogP) is 2.77. The molecule has 0 saturated heterocycles. The van der Waals surface area contributed by atoms with Gasteiger partial charge < -0.3 is 10.8 Å². The van der Waals surface area contributed by atoms with E-state index in [9.17, 15) is 5.11 Å². The first-order chi connectivity index (χ1) is 7.27. The molecule has 3 N–H and O–H groups in total. The third-order valence-corrected chi connectivity index (χ3v) is 3.39. The Bertz CT molecular complexity index is 324. The van der Waals surface area contributed by atoms with Crippen LogP contribution in [0.1, 0.15) is 43.6 Å². The van der Waals surface area contributed by atoms with E-state index in [4.69, 9.17) is 5.73 Å². The highest BCUT2D eigenvalue weighted by molar-refractivity contribution is 5.34. The Hall–Kier alpha value is -1.02. The first-order valence-electron chi connectivity index (χ1n) is 5.81. The summed E-state index contributed by atoms with van der Waals surface area (Å²) in [5.41, 5.74) is 7.05. The molecule has 1 aromatic carbocycles. The number of hydrogen-bond acceptors (Lipinski definition) is 2. The topological polar surface area (TPSA) is 46.2 Å². The van der Waals surface area contributed by atoms with Crippen molar-refractivity contribution in [3.05, 3.63) is 29.8 Å². The van der Waals surface area contributed by atoms with Gasteiger partial charge in [0.2, 0.25) is 0 Å². The molecule has 2 atom stereocenters. The van der Waals surface area contributed by atoms with Crippen LogP contribution in [0.4, 0.5) is 0 Å². The van der Waals surface area contributed by atoms with Gasteiger partial charge in [0, 0.05) is 6.04 Å². The van der Waals surface area contributed by atoms with Crippen molar-refractivity contribution in [2.45, 2.75) is 44.1 Å². The molecule has 1 fully saturated rings. The van der Waals surface area contributed by atoms with Crippen molar-refractivity contribution in [1.29, 1.82) is 0 Å². The van der Waals surface area contributed by atoms with Crippen molar-refractivity contribution in [2.24, 2.45) is 5.73 Å². The van der Waals surface area contributed by atoms with Gasteiger partial charge in [-0.1, -0.05) is 24.6 Å². The molecular formula is C13H19NO. The molecule has 2 unspecified atom stereocenters. The Morgan fingerprint density at radius 1 is 1.07 bits per heavy atom. The van der Waals surface area contributed by atoms with E-state index < -0.39 is 0 Å². The highest BCUT2D eigenvalue weighted by Gasteiger charge is 2.19. The number of para-hydroxylation sites is 1. The van der Waals surface area contributed by atoms with Crippen LogP contribution in [0.25, 0.3) is 0 Å². The van der Waals surface area contributed by atoms with Crippen molar-refractivity contribution in [3.63, 3.8) is 0 Å². The van der Waals surface area contributed by atoms with Crippen LogP contribution in [0.2, 0.25) is 0 Å². The summed E-state index contributed by atoms with van der Waals surface area (Å²) in [6.45, 7) is 0. The summed E-state index contributed by atoms with van der Waals surface area (Å²) in [4.78, 5) is 0. The van der Waals surface area contributed by atoms with Gasteiger partial charge in [-0.15, -0.1) is 0 Å². The minimum Gasteiger partial charge on any atom is -0.508 e. The maximum atomic E-state index is 9.79. The molecule has 1 aromatic rings. The Morgan fingerprint density at radius 3 is 2.67 bits per heavy atom. The Morgan fingerprint density at radius 2 is 1.87 bits per heavy atom. The molecule has 15 heavy (non-hydrogen) atoms. The summed E-state index contributed by atoms with van der Waals surface area (Å²) in [5.74, 6) is 0.942. The SMILES string of the molecule is NC1CCCC(c2ccccc2O)CC1. The minimum absolute atomic E-state index is 0.362. The van der Waals surface area contributed by atoms with Crippen molar-refractivity contribution < 1.29 is 5.11 Å². The highest BCUT2D eigenvalue weighted by Crippen LogP contribution is 2.35. The molecule has 0 radical (unpaired) electrons. The average Bonchev–Trinajstić information content (AvgIpc) is 2.44. The summed E-state index contributed by atoms with van der Waals surface area (Å²) in [6.07, 6.45) is 5.66. The number of nitrogens with two attached hydrogens (primary N) is 1. The molecule has 2 rings (SSSR count). The van der Waals surface area contributed by atoms with E-state index in [0.717, 1.165) is 31.2 Å². The lowest BCUT2D eigenvalue weighted by Gasteiger charge is -2.15. The van der Waals surface area contributed by atoms with Gasteiger partial charge in [0.25, 0.3) is 0 Å². The third-order valence-electron chi connectivity index (χ3n) is 3.39. The van der Waals surface area contributed by atoms with Crippen LogP contribution in [0.5, 0.6) is 5.75 Å². The van der Waals surface area contributed by atoms with Crippen molar-refractivity contribution in [2.75, 3.05) is 0 Å². The van der Waals surface area contributed by atoms with Gasteiger partial charge in [-0.05, 0) is 43.2 Å². The van der Waals surface area contributed by atoms with Crippen LogP contribution in [-0.4, -0.2) is 11.1 Å². The molecule has 82 valence electrons. The van der Waals surface area contributed by atoms with E-state index in [0.29, 0.717) is 17.7 Å². The maximum absolute atomic E-state index is 9.79. The van der Waals surface area contributed by atoms with Crippen molar-refractivity contribution >= 4 is 0 Å². The molecule has 0 spiro atoms. The lowest BCUT2D eigenvalue weighted by Crippen LogP contribution is -2.17. The molecule has 0 heterocycles. The molecule has 2 heteroatoms. The van der Waals surface area contributed by atoms with Gasteiger partial charge in [-0.2, -0.15) is 0 Å². The summed E-state index contributed by atoms with van der Waals surface area (Å²) < 4.78 is 0. The fraction of sp³-hybridized carbons (Fsp3) is 0.538. The summed E-state index contributed by atoms with van der Waals surface area (Å²) in [7, 11) is 0. The van der Waals surface area contributed by atoms with Crippen LogP contribution < -0.4 is 5.73 Å². The molecule has 0 amide bonds. The van der Waals surface area contributed by atoms with Gasteiger partial charge in [0.15, 0.2) is 0 Å². The smallest absolute Gasteiger partial charge is 0.119 e. The molecule has 0 aliphatic heterocycles. The van der Waals surface area contributed by atoms with Gasteiger partial charge in [0.1, 0.15) is 5.75 Å². The van der Waals surface area contributed by atoms with Gasteiger partial charge in [-0.25, -0.2) is 0 Å². The first kappa shape index (κ1) is 10.5. The number of hydrogen-bond donors (Lipinski definition) is 2. The lowest BCUT2D eigenvalue weighted by molar-refractivity contribution is 0.453. The predicted molar refractivity (Wildman–Crippen MR) is 61.9 cm³/mol. The molecular weight excluding hydrogens is 186 g/mol. The van der Waals surface area contributed by atoms with Crippen LogP contribution in [0.3, 0.4) is 0 Å². The van der Waals surface area contributed by atoms with Crippen molar-refractivity contribution in [1.82, 2.24) is 0 Å². The standard InChI is InChI=1S/C13H19NO/c14-11-5-3-4-10(8-9-11)12-6-1-2-7-13(12)15/h1-2,6-7,10-11,15H,3-5,8-9,14H2. The second-order valence-electron chi connectivity index (χ2n) is 4.52. The quantitative estimate of drug-likeness (QED) is 0.692. The Balaban J connectivity index is 2.13. The monoisotopic (exact) mass is 205 g/mol. The van der Waals surface area contributed by atoms with Crippen molar-refractivity contribution in [3.8, 4) is 5.75 Å². The Kier molecular flexibility index (Phi) is 3.27. The molecule has 1 saturated carbocycles. The van der Waals surface area contributed by atoms with Gasteiger partial charge >= 0.3 is 0 Å².